The van der Waals surface area contributed by atoms with Crippen molar-refractivity contribution in [1.29, 1.82) is 0 Å². The van der Waals surface area contributed by atoms with Crippen LogP contribution in [0, 0.1) is 0 Å². The summed E-state index contributed by atoms with van der Waals surface area (Å²) in [5.74, 6) is -0.429. The van der Waals surface area contributed by atoms with Gasteiger partial charge < -0.3 is 35.3 Å². The number of carbonyl (C=O) groups excluding carboxylic acids is 2. The van der Waals surface area contributed by atoms with Gasteiger partial charge in [0.05, 0.1) is 18.2 Å². The molecule has 9 nitrogen and oxygen atoms in total. The van der Waals surface area contributed by atoms with Crippen LogP contribution < -0.4 is 10.1 Å². The third-order valence-electron chi connectivity index (χ3n) is 5.23. The molecule has 0 saturated carbocycles. The molecular formula is C21H23N3O6S. The van der Waals surface area contributed by atoms with Crippen molar-refractivity contribution in [3.05, 3.63) is 53.4 Å². The average molecular weight is 445 g/mol. The van der Waals surface area contributed by atoms with Crippen LogP contribution in [0.25, 0.3) is 10.2 Å². The first-order valence-electron chi connectivity index (χ1n) is 9.82. The maximum absolute atomic E-state index is 12.7. The number of nitrogens with zero attached hydrogens (tertiary/aromatic N) is 1. The van der Waals surface area contributed by atoms with Gasteiger partial charge >= 0.3 is 6.09 Å². The number of β-amino-alcohol motifs (C(OH)–C–C–N with tert-alkyl or cyclic N) is 2. The fourth-order valence-corrected chi connectivity index (χ4v) is 4.35. The van der Waals surface area contributed by atoms with E-state index in [1.54, 1.807) is 6.07 Å². The van der Waals surface area contributed by atoms with Crippen LogP contribution >= 0.6 is 11.3 Å². The third-order valence-corrected chi connectivity index (χ3v) is 6.07. The van der Waals surface area contributed by atoms with Crippen LogP contribution in [0.1, 0.15) is 5.56 Å². The molecule has 4 atom stereocenters. The van der Waals surface area contributed by atoms with E-state index in [1.165, 1.54) is 16.2 Å². The van der Waals surface area contributed by atoms with Crippen LogP contribution in [0.15, 0.2) is 47.8 Å². The first kappa shape index (κ1) is 21.3. The van der Waals surface area contributed by atoms with Crippen molar-refractivity contribution in [1.82, 2.24) is 15.2 Å². The van der Waals surface area contributed by atoms with Gasteiger partial charge in [0.25, 0.3) is 5.91 Å². The second-order valence-electron chi connectivity index (χ2n) is 7.49. The van der Waals surface area contributed by atoms with Crippen LogP contribution in [-0.4, -0.2) is 74.6 Å². The topological polar surface area (TPSA) is 135 Å². The zero-order valence-corrected chi connectivity index (χ0v) is 17.3. The Morgan fingerprint density at radius 3 is 2.58 bits per heavy atom. The summed E-state index contributed by atoms with van der Waals surface area (Å²) in [6.07, 6.45) is -4.35. The summed E-state index contributed by atoms with van der Waals surface area (Å²) < 4.78 is 5.30. The molecular weight excluding hydrogens is 422 g/mol. The number of benzene rings is 1. The molecule has 10 heteroatoms. The number of aliphatic hydroxyl groups is 3. The Hall–Kier alpha value is -2.92. The van der Waals surface area contributed by atoms with E-state index in [1.807, 2.05) is 41.8 Å². The molecule has 2 amide bonds. The van der Waals surface area contributed by atoms with Crippen molar-refractivity contribution >= 4 is 33.6 Å². The minimum Gasteiger partial charge on any atom is -0.393 e. The Bertz CT molecular complexity index is 1010. The van der Waals surface area contributed by atoms with Gasteiger partial charge in [-0.15, -0.1) is 11.3 Å². The fraction of sp³-hybridized carbons (Fsp3) is 0.333. The monoisotopic (exact) mass is 445 g/mol. The van der Waals surface area contributed by atoms with Crippen LogP contribution in [0.5, 0.6) is 5.88 Å². The highest BCUT2D eigenvalue weighted by molar-refractivity contribution is 7.16. The molecule has 3 aromatic rings. The average Bonchev–Trinajstić information content (AvgIpc) is 3.42. The van der Waals surface area contributed by atoms with E-state index < -0.39 is 36.4 Å². The third kappa shape index (κ3) is 4.88. The quantitative estimate of drug-likeness (QED) is 0.382. The predicted octanol–water partition coefficient (Wildman–Crippen LogP) is 0.854. The SMILES string of the molecule is O=C(N[C@@H](Cc1ccccc1)[C@@H](O)C(=O)N1C[C@@H](O)[C@@H](O)C1)Oc1cc2ccsc2[nH]1. The highest BCUT2D eigenvalue weighted by Crippen LogP contribution is 2.25. The molecule has 4 rings (SSSR count). The molecule has 5 N–H and O–H groups in total. The molecule has 1 aliphatic rings. The van der Waals surface area contributed by atoms with E-state index >= 15 is 0 Å². The number of amides is 2. The highest BCUT2D eigenvalue weighted by atomic mass is 32.1. The lowest BCUT2D eigenvalue weighted by Crippen LogP contribution is -2.53. The summed E-state index contributed by atoms with van der Waals surface area (Å²) in [5.41, 5.74) is 0.807. The largest absolute Gasteiger partial charge is 0.414 e. The molecule has 0 unspecified atom stereocenters. The molecule has 164 valence electrons. The Morgan fingerprint density at radius 2 is 1.90 bits per heavy atom. The van der Waals surface area contributed by atoms with Gasteiger partial charge in [-0.1, -0.05) is 30.3 Å². The Balaban J connectivity index is 1.47. The molecule has 0 spiro atoms. The maximum atomic E-state index is 12.7. The molecule has 0 radical (unpaired) electrons. The minimum absolute atomic E-state index is 0.0845. The number of hydrogen-bond acceptors (Lipinski definition) is 7. The molecule has 1 fully saturated rings. The lowest BCUT2D eigenvalue weighted by molar-refractivity contribution is -0.141. The number of aromatic amines is 1. The number of likely N-dealkylation sites (tertiary alicyclic amines) is 1. The van der Waals surface area contributed by atoms with Crippen LogP contribution in [0.3, 0.4) is 0 Å². The number of aliphatic hydroxyl groups excluding tert-OH is 3. The molecule has 0 aliphatic carbocycles. The molecule has 2 aromatic heterocycles. The van der Waals surface area contributed by atoms with Crippen molar-refractivity contribution < 1.29 is 29.6 Å². The van der Waals surface area contributed by atoms with E-state index in [2.05, 4.69) is 10.3 Å². The van der Waals surface area contributed by atoms with E-state index in [4.69, 9.17) is 4.74 Å². The van der Waals surface area contributed by atoms with Gasteiger partial charge in [0, 0.05) is 24.5 Å². The van der Waals surface area contributed by atoms with Gasteiger partial charge in [-0.2, -0.15) is 0 Å². The van der Waals surface area contributed by atoms with Crippen LogP contribution in [0.2, 0.25) is 0 Å². The minimum atomic E-state index is -1.59. The van der Waals surface area contributed by atoms with Gasteiger partial charge in [-0.3, -0.25) is 4.79 Å². The van der Waals surface area contributed by atoms with Crippen molar-refractivity contribution in [2.45, 2.75) is 30.8 Å². The number of aromatic nitrogens is 1. The van der Waals surface area contributed by atoms with Gasteiger partial charge in [0.15, 0.2) is 6.10 Å². The predicted molar refractivity (Wildman–Crippen MR) is 114 cm³/mol. The Morgan fingerprint density at radius 1 is 1.19 bits per heavy atom. The molecule has 1 aliphatic heterocycles. The normalized spacial score (nSPS) is 20.5. The Kier molecular flexibility index (Phi) is 6.23. The summed E-state index contributed by atoms with van der Waals surface area (Å²) in [6.45, 7) is -0.169. The lowest BCUT2D eigenvalue weighted by Gasteiger charge is -2.26. The summed E-state index contributed by atoms with van der Waals surface area (Å²) in [6, 6.07) is 11.7. The van der Waals surface area contributed by atoms with Crippen molar-refractivity contribution in [3.8, 4) is 5.88 Å². The van der Waals surface area contributed by atoms with Gasteiger partial charge in [-0.25, -0.2) is 4.79 Å². The molecule has 3 heterocycles. The number of fused-ring (bicyclic) bond motifs is 1. The van der Waals surface area contributed by atoms with Crippen molar-refractivity contribution in [2.24, 2.45) is 0 Å². The zero-order valence-electron chi connectivity index (χ0n) is 16.5. The number of hydrogen-bond donors (Lipinski definition) is 5. The number of rotatable bonds is 6. The maximum Gasteiger partial charge on any atom is 0.414 e. The van der Waals surface area contributed by atoms with E-state index in [-0.39, 0.29) is 25.4 Å². The zero-order chi connectivity index (χ0) is 22.0. The second kappa shape index (κ2) is 9.06. The van der Waals surface area contributed by atoms with Crippen molar-refractivity contribution in [2.75, 3.05) is 13.1 Å². The van der Waals surface area contributed by atoms with Crippen molar-refractivity contribution in [3.63, 3.8) is 0 Å². The van der Waals surface area contributed by atoms with Gasteiger partial charge in [-0.05, 0) is 23.4 Å². The van der Waals surface area contributed by atoms with Gasteiger partial charge in [0.2, 0.25) is 5.88 Å². The first-order chi connectivity index (χ1) is 14.9. The standard InChI is InChI=1S/C21H23N3O6S/c25-15-10-24(11-16(15)26)20(28)18(27)14(8-12-4-2-1-3-5-12)22-21(29)30-17-9-13-6-7-31-19(13)23-17/h1-7,9,14-16,18,23,25-27H,8,10-11H2,(H,22,29)/t14-,15-,16+,18+/m0/s1. The summed E-state index contributed by atoms with van der Waals surface area (Å²) in [5, 5.41) is 35.6. The number of ether oxygens (including phenoxy) is 1. The molecule has 1 saturated heterocycles. The molecule has 1 aromatic carbocycles. The molecule has 31 heavy (non-hydrogen) atoms. The van der Waals surface area contributed by atoms with E-state index in [0.29, 0.717) is 0 Å². The van der Waals surface area contributed by atoms with Crippen LogP contribution in [0.4, 0.5) is 4.79 Å². The summed E-state index contributed by atoms with van der Waals surface area (Å²) in [7, 11) is 0. The van der Waals surface area contributed by atoms with Gasteiger partial charge in [0.1, 0.15) is 4.83 Å². The number of nitrogens with one attached hydrogen (secondary N) is 2. The molecule has 0 bridgehead atoms. The number of thiophene rings is 1. The summed E-state index contributed by atoms with van der Waals surface area (Å²) >= 11 is 1.48. The summed E-state index contributed by atoms with van der Waals surface area (Å²) in [4.78, 5) is 30.3. The van der Waals surface area contributed by atoms with E-state index in [9.17, 15) is 24.9 Å². The highest BCUT2D eigenvalue weighted by Gasteiger charge is 2.38. The number of carbonyl (C=O) groups is 2. The fourth-order valence-electron chi connectivity index (χ4n) is 3.58. The smallest absolute Gasteiger partial charge is 0.393 e. The Labute approximate surface area is 181 Å². The van der Waals surface area contributed by atoms with E-state index in [0.717, 1.165) is 15.8 Å². The first-order valence-corrected chi connectivity index (χ1v) is 10.7. The lowest BCUT2D eigenvalue weighted by atomic mass is 10.0. The second-order valence-corrected chi connectivity index (χ2v) is 8.41. The van der Waals surface area contributed by atoms with Crippen LogP contribution in [-0.2, 0) is 11.2 Å². The number of H-pyrrole nitrogens is 1.